The molecule has 0 radical (unpaired) electrons. The van der Waals surface area contributed by atoms with E-state index in [2.05, 4.69) is 15.0 Å². The summed E-state index contributed by atoms with van der Waals surface area (Å²) in [4.78, 5) is 20.2. The van der Waals surface area contributed by atoms with Crippen LogP contribution in [-0.2, 0) is 4.57 Å². The summed E-state index contributed by atoms with van der Waals surface area (Å²) in [5, 5.41) is 0. The van der Waals surface area contributed by atoms with Crippen molar-refractivity contribution in [2.75, 3.05) is 0 Å². The van der Waals surface area contributed by atoms with Crippen molar-refractivity contribution in [1.29, 1.82) is 0 Å². The van der Waals surface area contributed by atoms with Crippen LogP contribution in [0.5, 0.6) is 0 Å². The Morgan fingerprint density at radius 3 is 2.33 bits per heavy atom. The summed E-state index contributed by atoms with van der Waals surface area (Å²) in [6.07, 6.45) is 2.26. The molecule has 5 nitrogen and oxygen atoms in total. The molecule has 0 saturated carbocycles. The molecule has 1 unspecified atom stereocenters. The molecule has 1 atom stereocenters. The number of nitrogens with zero attached hydrogens (tertiary/aromatic N) is 3. The van der Waals surface area contributed by atoms with Crippen LogP contribution in [0.1, 0.15) is 0 Å². The molecule has 1 rings (SSSR count). The Morgan fingerprint density at radius 1 is 1.44 bits per heavy atom. The van der Waals surface area contributed by atoms with E-state index in [0.29, 0.717) is 0 Å². The van der Waals surface area contributed by atoms with E-state index in [0.717, 1.165) is 12.7 Å². The Labute approximate surface area is 51.7 Å². The molecule has 9 heavy (non-hydrogen) atoms. The summed E-state index contributed by atoms with van der Waals surface area (Å²) < 4.78 is 10.1. The summed E-state index contributed by atoms with van der Waals surface area (Å²) in [6, 6.07) is 0. The maximum Gasteiger partial charge on any atom is 0.391 e. The molecule has 0 spiro atoms. The Morgan fingerprint density at radius 2 is 2.00 bits per heavy atom. The average molecular weight is 143 g/mol. The SMILES string of the molecule is O=[P+]([O-])c1ncncn1. The van der Waals surface area contributed by atoms with Gasteiger partial charge in [0.2, 0.25) is 0 Å². The van der Waals surface area contributed by atoms with Crippen LogP contribution in [0.25, 0.3) is 0 Å². The van der Waals surface area contributed by atoms with Crippen LogP contribution in [0.15, 0.2) is 12.7 Å². The first kappa shape index (κ1) is 6.19. The second-order valence-corrected chi connectivity index (χ2v) is 2.11. The monoisotopic (exact) mass is 143 g/mol. The molecule has 0 aromatic carbocycles. The zero-order valence-corrected chi connectivity index (χ0v) is 5.15. The highest BCUT2D eigenvalue weighted by Gasteiger charge is 2.07. The molecule has 1 aromatic rings. The van der Waals surface area contributed by atoms with Crippen LogP contribution in [0.2, 0.25) is 0 Å². The van der Waals surface area contributed by atoms with Gasteiger partial charge in [0.05, 0.1) is 0 Å². The molecule has 1 aromatic heterocycles. The lowest BCUT2D eigenvalue weighted by Crippen LogP contribution is -2.12. The van der Waals surface area contributed by atoms with Gasteiger partial charge in [-0.25, -0.2) is 4.98 Å². The topological polar surface area (TPSA) is 78.8 Å². The van der Waals surface area contributed by atoms with Crippen LogP contribution in [-0.4, -0.2) is 15.0 Å². The second-order valence-electron chi connectivity index (χ2n) is 1.20. The zero-order valence-electron chi connectivity index (χ0n) is 4.26. The first-order valence-corrected chi connectivity index (χ1v) is 3.25. The summed E-state index contributed by atoms with van der Waals surface area (Å²) in [6.45, 7) is 0. The molecule has 0 bridgehead atoms. The molecular weight excluding hydrogens is 141 g/mol. The van der Waals surface area contributed by atoms with E-state index < -0.39 is 8.03 Å². The molecule has 0 amide bonds. The van der Waals surface area contributed by atoms with E-state index in [1.54, 1.807) is 0 Å². The van der Waals surface area contributed by atoms with Crippen LogP contribution in [0, 0.1) is 0 Å². The molecular formula is C3H2N3O2P. The van der Waals surface area contributed by atoms with E-state index in [9.17, 15) is 9.46 Å². The van der Waals surface area contributed by atoms with Gasteiger partial charge in [-0.2, -0.15) is 9.97 Å². The Kier molecular flexibility index (Phi) is 1.77. The van der Waals surface area contributed by atoms with E-state index >= 15 is 0 Å². The lowest BCUT2D eigenvalue weighted by Gasteiger charge is -1.81. The zero-order chi connectivity index (χ0) is 6.69. The standard InChI is InChI=1S/C3H2N3O2P/c7-9(8)3-5-1-4-2-6-3/h1-2H. The van der Waals surface area contributed by atoms with Crippen molar-refractivity contribution in [2.45, 2.75) is 0 Å². The highest BCUT2D eigenvalue weighted by Crippen LogP contribution is 1.98. The summed E-state index contributed by atoms with van der Waals surface area (Å²) in [5.74, 6) is 0. The Bertz CT molecular complexity index is 214. The van der Waals surface area contributed by atoms with E-state index in [-0.39, 0.29) is 5.57 Å². The van der Waals surface area contributed by atoms with Crippen LogP contribution >= 0.6 is 8.03 Å². The van der Waals surface area contributed by atoms with Crippen molar-refractivity contribution in [3.63, 3.8) is 0 Å². The molecule has 0 saturated heterocycles. The molecule has 6 heteroatoms. The third kappa shape index (κ3) is 1.48. The molecule has 0 N–H and O–H groups in total. The van der Waals surface area contributed by atoms with Crippen LogP contribution < -0.4 is 10.5 Å². The van der Waals surface area contributed by atoms with Gasteiger partial charge in [-0.3, -0.25) is 0 Å². The maximum absolute atomic E-state index is 10.1. The lowest BCUT2D eigenvalue weighted by atomic mass is 11.1. The first-order valence-electron chi connectivity index (χ1n) is 2.07. The first-order chi connectivity index (χ1) is 4.30. The van der Waals surface area contributed by atoms with Gasteiger partial charge < -0.3 is 4.89 Å². The van der Waals surface area contributed by atoms with Crippen molar-refractivity contribution in [3.8, 4) is 0 Å². The second kappa shape index (κ2) is 2.57. The van der Waals surface area contributed by atoms with E-state index in [1.165, 1.54) is 0 Å². The average Bonchev–Trinajstić information content (AvgIpc) is 1.90. The Hall–Kier alpha value is -0.930. The van der Waals surface area contributed by atoms with Crippen LogP contribution in [0.4, 0.5) is 0 Å². The van der Waals surface area contributed by atoms with Gasteiger partial charge >= 0.3 is 13.6 Å². The molecule has 0 aliphatic carbocycles. The smallest absolute Gasteiger partial charge is 0.391 e. The molecule has 46 valence electrons. The van der Waals surface area contributed by atoms with Crippen molar-refractivity contribution in [3.05, 3.63) is 12.7 Å². The van der Waals surface area contributed by atoms with Gasteiger partial charge in [0.15, 0.2) is 0 Å². The van der Waals surface area contributed by atoms with Gasteiger partial charge in [-0.05, 0) is 0 Å². The number of hydrogen-bond acceptors (Lipinski definition) is 5. The van der Waals surface area contributed by atoms with Gasteiger partial charge in [0.25, 0.3) is 0 Å². The third-order valence-corrected chi connectivity index (χ3v) is 1.20. The quantitative estimate of drug-likeness (QED) is 0.451. The molecule has 1 heterocycles. The van der Waals surface area contributed by atoms with Gasteiger partial charge in [-0.15, -0.1) is 0 Å². The van der Waals surface area contributed by atoms with Gasteiger partial charge in [-0.1, -0.05) is 4.57 Å². The molecule has 0 aliphatic rings. The third-order valence-electron chi connectivity index (χ3n) is 0.643. The summed E-state index contributed by atoms with van der Waals surface area (Å²) >= 11 is 0. The Balaban J connectivity index is 2.98. The highest BCUT2D eigenvalue weighted by atomic mass is 31.1. The van der Waals surface area contributed by atoms with Crippen LogP contribution in [0.3, 0.4) is 0 Å². The minimum absolute atomic E-state index is 0.194. The number of rotatable bonds is 1. The summed E-state index contributed by atoms with van der Waals surface area (Å²) in [7, 11) is -2.66. The molecule has 0 fully saturated rings. The molecule has 0 aliphatic heterocycles. The lowest BCUT2D eigenvalue weighted by molar-refractivity contribution is -0.161. The fourth-order valence-electron chi connectivity index (χ4n) is 0.327. The van der Waals surface area contributed by atoms with Gasteiger partial charge in [0, 0.05) is 0 Å². The number of hydrogen-bond donors (Lipinski definition) is 0. The fraction of sp³-hybridized carbons (Fsp3) is 0. The normalized spacial score (nSPS) is 11.0. The van der Waals surface area contributed by atoms with Crippen molar-refractivity contribution in [2.24, 2.45) is 0 Å². The predicted octanol–water partition coefficient (Wildman–Crippen LogP) is -1.40. The largest absolute Gasteiger partial charge is 0.588 e. The van der Waals surface area contributed by atoms with Crippen molar-refractivity contribution < 1.29 is 9.46 Å². The van der Waals surface area contributed by atoms with E-state index in [1.807, 2.05) is 0 Å². The van der Waals surface area contributed by atoms with Gasteiger partial charge in [0.1, 0.15) is 12.7 Å². The van der Waals surface area contributed by atoms with E-state index in [4.69, 9.17) is 0 Å². The highest BCUT2D eigenvalue weighted by molar-refractivity contribution is 7.45. The van der Waals surface area contributed by atoms with Crippen molar-refractivity contribution >= 4 is 13.6 Å². The summed E-state index contributed by atoms with van der Waals surface area (Å²) in [5.41, 5.74) is -0.194. The minimum atomic E-state index is -2.66. The fourth-order valence-corrected chi connectivity index (χ4v) is 0.619. The number of aromatic nitrogens is 3. The predicted molar refractivity (Wildman–Crippen MR) is 27.1 cm³/mol. The van der Waals surface area contributed by atoms with Crippen molar-refractivity contribution in [1.82, 2.24) is 15.0 Å². The maximum atomic E-state index is 10.1. The minimum Gasteiger partial charge on any atom is -0.588 e.